The van der Waals surface area contributed by atoms with Gasteiger partial charge in [0, 0.05) is 5.02 Å². The number of aryl methyl sites for hydroxylation is 1. The second-order valence-electron chi connectivity index (χ2n) is 5.06. The highest BCUT2D eigenvalue weighted by atomic mass is 35.5. The molecule has 0 unspecified atom stereocenters. The van der Waals surface area contributed by atoms with Crippen LogP contribution in [0.25, 0.3) is 0 Å². The molecular weight excluding hydrogens is 349 g/mol. The van der Waals surface area contributed by atoms with Crippen molar-refractivity contribution in [1.82, 2.24) is 5.32 Å². The summed E-state index contributed by atoms with van der Waals surface area (Å²) in [5.41, 5.74) is 1.21. The molecule has 128 valence electrons. The zero-order chi connectivity index (χ0) is 17.4. The van der Waals surface area contributed by atoms with Crippen molar-refractivity contribution in [3.63, 3.8) is 0 Å². The predicted octanol–water partition coefficient (Wildman–Crippen LogP) is 4.13. The molecule has 0 fully saturated rings. The third kappa shape index (κ3) is 5.95. The van der Waals surface area contributed by atoms with E-state index in [1.807, 2.05) is 24.3 Å². The molecule has 0 saturated heterocycles. The van der Waals surface area contributed by atoms with E-state index in [1.165, 1.54) is 5.56 Å². The summed E-state index contributed by atoms with van der Waals surface area (Å²) in [5.74, 6) is 0.976. The Balaban J connectivity index is 1.67. The van der Waals surface area contributed by atoms with Crippen LogP contribution in [0.3, 0.4) is 0 Å². The van der Waals surface area contributed by atoms with Crippen molar-refractivity contribution in [2.24, 2.45) is 0 Å². The average molecular weight is 368 g/mol. The maximum absolute atomic E-state index is 11.7. The van der Waals surface area contributed by atoms with Crippen molar-refractivity contribution in [3.05, 3.63) is 58.1 Å². The molecule has 2 rings (SSSR count). The molecule has 1 N–H and O–H groups in total. The molecule has 0 heterocycles. The van der Waals surface area contributed by atoms with Crippen molar-refractivity contribution in [3.8, 4) is 11.5 Å². The van der Waals surface area contributed by atoms with Gasteiger partial charge in [0.05, 0.1) is 11.6 Å². The van der Waals surface area contributed by atoms with Crippen LogP contribution in [0.4, 0.5) is 0 Å². The van der Waals surface area contributed by atoms with Gasteiger partial charge in [0.25, 0.3) is 5.91 Å². The Morgan fingerprint density at radius 3 is 2.71 bits per heavy atom. The van der Waals surface area contributed by atoms with Crippen LogP contribution in [0.1, 0.15) is 12.5 Å². The molecule has 6 heteroatoms. The van der Waals surface area contributed by atoms with Gasteiger partial charge in [-0.05, 0) is 42.3 Å². The topological polar surface area (TPSA) is 47.6 Å². The van der Waals surface area contributed by atoms with Gasteiger partial charge in [-0.15, -0.1) is 0 Å². The molecule has 0 spiro atoms. The molecule has 0 radical (unpaired) electrons. The van der Waals surface area contributed by atoms with Crippen molar-refractivity contribution >= 4 is 29.1 Å². The van der Waals surface area contributed by atoms with Gasteiger partial charge in [-0.25, -0.2) is 0 Å². The highest BCUT2D eigenvalue weighted by Crippen LogP contribution is 2.27. The van der Waals surface area contributed by atoms with Crippen LogP contribution in [0.2, 0.25) is 10.0 Å². The average Bonchev–Trinajstić information content (AvgIpc) is 2.58. The number of carbonyl (C=O) groups excluding carboxylic acids is 1. The second-order valence-corrected chi connectivity index (χ2v) is 5.91. The van der Waals surface area contributed by atoms with E-state index in [0.717, 1.165) is 12.2 Å². The zero-order valence-corrected chi connectivity index (χ0v) is 14.9. The molecule has 0 aromatic heterocycles. The Morgan fingerprint density at radius 2 is 1.96 bits per heavy atom. The first kappa shape index (κ1) is 18.4. The van der Waals surface area contributed by atoms with Crippen LogP contribution < -0.4 is 14.8 Å². The highest BCUT2D eigenvalue weighted by Gasteiger charge is 2.06. The van der Waals surface area contributed by atoms with Gasteiger partial charge in [0.2, 0.25) is 0 Å². The number of hydrogen-bond acceptors (Lipinski definition) is 3. The summed E-state index contributed by atoms with van der Waals surface area (Å²) in [7, 11) is 0. The van der Waals surface area contributed by atoms with Gasteiger partial charge in [0.1, 0.15) is 18.1 Å². The van der Waals surface area contributed by atoms with Crippen LogP contribution in [0.5, 0.6) is 11.5 Å². The minimum atomic E-state index is -0.244. The monoisotopic (exact) mass is 367 g/mol. The molecule has 0 aliphatic rings. The molecule has 0 saturated carbocycles. The van der Waals surface area contributed by atoms with Gasteiger partial charge in [-0.3, -0.25) is 4.79 Å². The van der Waals surface area contributed by atoms with Crippen LogP contribution in [0.15, 0.2) is 42.5 Å². The van der Waals surface area contributed by atoms with Crippen molar-refractivity contribution in [1.29, 1.82) is 0 Å². The molecule has 1 amide bonds. The zero-order valence-electron chi connectivity index (χ0n) is 13.4. The van der Waals surface area contributed by atoms with E-state index in [-0.39, 0.29) is 12.5 Å². The Hall–Kier alpha value is -1.91. The summed E-state index contributed by atoms with van der Waals surface area (Å²) in [5, 5.41) is 3.61. The standard InChI is InChI=1S/C18H19Cl2NO3/c1-2-13-4-3-5-15(10-13)23-9-8-21-18(22)12-24-17-7-6-14(19)11-16(17)20/h3-7,10-11H,2,8-9,12H2,1H3,(H,21,22). The minimum Gasteiger partial charge on any atom is -0.492 e. The molecule has 2 aromatic carbocycles. The van der Waals surface area contributed by atoms with Crippen molar-refractivity contribution < 1.29 is 14.3 Å². The first-order valence-electron chi connectivity index (χ1n) is 7.64. The van der Waals surface area contributed by atoms with Crippen molar-refractivity contribution in [2.45, 2.75) is 13.3 Å². The maximum atomic E-state index is 11.7. The Labute approximate surface area is 151 Å². The lowest BCUT2D eigenvalue weighted by Gasteiger charge is -2.10. The number of rotatable bonds is 8. The number of benzene rings is 2. The summed E-state index contributed by atoms with van der Waals surface area (Å²) in [6.07, 6.45) is 0.957. The predicted molar refractivity (Wildman–Crippen MR) is 96.3 cm³/mol. The molecule has 0 aliphatic heterocycles. The van der Waals surface area contributed by atoms with E-state index in [2.05, 4.69) is 12.2 Å². The number of halogens is 2. The Bertz CT molecular complexity index is 692. The van der Waals surface area contributed by atoms with Gasteiger partial charge in [-0.1, -0.05) is 42.3 Å². The number of ether oxygens (including phenoxy) is 2. The molecule has 0 bridgehead atoms. The highest BCUT2D eigenvalue weighted by molar-refractivity contribution is 6.35. The van der Waals surface area contributed by atoms with Gasteiger partial charge in [-0.2, -0.15) is 0 Å². The van der Waals surface area contributed by atoms with Gasteiger partial charge in [0.15, 0.2) is 6.61 Å². The number of amides is 1. The number of nitrogens with one attached hydrogen (secondary N) is 1. The summed E-state index contributed by atoms with van der Waals surface area (Å²) in [4.78, 5) is 11.7. The number of hydrogen-bond donors (Lipinski definition) is 1. The largest absolute Gasteiger partial charge is 0.492 e. The first-order chi connectivity index (χ1) is 11.6. The lowest BCUT2D eigenvalue weighted by Crippen LogP contribution is -2.32. The van der Waals surface area contributed by atoms with Crippen LogP contribution >= 0.6 is 23.2 Å². The SMILES string of the molecule is CCc1cccc(OCCNC(=O)COc2ccc(Cl)cc2Cl)c1. The van der Waals surface area contributed by atoms with E-state index in [4.69, 9.17) is 32.7 Å². The first-order valence-corrected chi connectivity index (χ1v) is 8.40. The minimum absolute atomic E-state index is 0.118. The van der Waals surface area contributed by atoms with Crippen LogP contribution in [-0.2, 0) is 11.2 Å². The third-order valence-electron chi connectivity index (χ3n) is 3.25. The lowest BCUT2D eigenvalue weighted by molar-refractivity contribution is -0.123. The van der Waals surface area contributed by atoms with Crippen LogP contribution in [-0.4, -0.2) is 25.7 Å². The molecule has 24 heavy (non-hydrogen) atoms. The summed E-state index contributed by atoms with van der Waals surface area (Å²) in [6, 6.07) is 12.7. The smallest absolute Gasteiger partial charge is 0.258 e. The molecule has 4 nitrogen and oxygen atoms in total. The van der Waals surface area contributed by atoms with E-state index in [9.17, 15) is 4.79 Å². The van der Waals surface area contributed by atoms with E-state index in [1.54, 1.807) is 18.2 Å². The fourth-order valence-electron chi connectivity index (χ4n) is 2.00. The molecule has 2 aromatic rings. The van der Waals surface area contributed by atoms with Gasteiger partial charge >= 0.3 is 0 Å². The fourth-order valence-corrected chi connectivity index (χ4v) is 2.46. The van der Waals surface area contributed by atoms with E-state index < -0.39 is 0 Å². The Kier molecular flexibility index (Phi) is 7.22. The quantitative estimate of drug-likeness (QED) is 0.713. The molecule has 0 atom stereocenters. The third-order valence-corrected chi connectivity index (χ3v) is 3.78. The van der Waals surface area contributed by atoms with Crippen molar-refractivity contribution in [2.75, 3.05) is 19.8 Å². The summed E-state index contributed by atoms with van der Waals surface area (Å²) in [6.45, 7) is 2.76. The Morgan fingerprint density at radius 1 is 1.12 bits per heavy atom. The van der Waals surface area contributed by atoms with Crippen LogP contribution in [0, 0.1) is 0 Å². The molecular formula is C18H19Cl2NO3. The summed E-state index contributed by atoms with van der Waals surface area (Å²) < 4.78 is 11.0. The second kappa shape index (κ2) is 9.40. The summed E-state index contributed by atoms with van der Waals surface area (Å²) >= 11 is 11.8. The van der Waals surface area contributed by atoms with Gasteiger partial charge < -0.3 is 14.8 Å². The lowest BCUT2D eigenvalue weighted by atomic mass is 10.2. The van der Waals surface area contributed by atoms with E-state index in [0.29, 0.717) is 28.9 Å². The maximum Gasteiger partial charge on any atom is 0.258 e. The van der Waals surface area contributed by atoms with E-state index >= 15 is 0 Å². The molecule has 0 aliphatic carbocycles. The normalized spacial score (nSPS) is 10.3. The number of carbonyl (C=O) groups is 1. The fraction of sp³-hybridized carbons (Fsp3) is 0.278.